The zero-order chi connectivity index (χ0) is 18.6. The van der Waals surface area contributed by atoms with Gasteiger partial charge in [0.2, 0.25) is 0 Å². The molecule has 3 amide bonds. The van der Waals surface area contributed by atoms with Crippen LogP contribution in [-0.2, 0) is 20.9 Å². The predicted molar refractivity (Wildman–Crippen MR) is 89.4 cm³/mol. The first-order chi connectivity index (χ1) is 11.8. The van der Waals surface area contributed by atoms with Crippen LogP contribution in [-0.4, -0.2) is 34.9 Å². The Labute approximate surface area is 150 Å². The number of ether oxygens (including phenoxy) is 1. The first-order valence-electron chi connectivity index (χ1n) is 8.01. The van der Waals surface area contributed by atoms with Crippen LogP contribution in [0.2, 0.25) is 5.02 Å². The van der Waals surface area contributed by atoms with Crippen molar-refractivity contribution in [2.24, 2.45) is 0 Å². The van der Waals surface area contributed by atoms with E-state index in [0.29, 0.717) is 6.42 Å². The second-order valence-corrected chi connectivity index (χ2v) is 6.53. The number of carbonyl (C=O) groups is 3. The highest BCUT2D eigenvalue weighted by Gasteiger charge is 2.47. The Morgan fingerprint density at radius 3 is 2.76 bits per heavy atom. The largest absolute Gasteiger partial charge is 0.459 e. The number of esters is 1. The Kier molecular flexibility index (Phi) is 6.00. The lowest BCUT2D eigenvalue weighted by molar-refractivity contribution is -0.148. The van der Waals surface area contributed by atoms with Gasteiger partial charge in [0.25, 0.3) is 5.91 Å². The van der Waals surface area contributed by atoms with Crippen molar-refractivity contribution in [3.8, 4) is 0 Å². The molecule has 0 spiro atoms. The Bertz CT molecular complexity index is 677. The molecule has 25 heavy (non-hydrogen) atoms. The lowest BCUT2D eigenvalue weighted by Gasteiger charge is -2.21. The predicted octanol–water partition coefficient (Wildman–Crippen LogP) is 3.02. The Morgan fingerprint density at radius 2 is 2.12 bits per heavy atom. The van der Waals surface area contributed by atoms with Crippen LogP contribution in [0.1, 0.15) is 38.7 Å². The van der Waals surface area contributed by atoms with Gasteiger partial charge in [-0.15, -0.1) is 0 Å². The standard InChI is InChI=1S/C17H20ClFN2O4/c1-3-4-8-17(2)15(23)21(16(24)20-17)9-14(22)25-10-11-12(18)6-5-7-13(11)19/h5-7H,3-4,8-10H2,1-2H3,(H,20,24)/t17-/m0/s1. The number of unbranched alkanes of at least 4 members (excludes halogenated alkanes) is 1. The number of hydrogen-bond acceptors (Lipinski definition) is 4. The third-order valence-corrected chi connectivity index (χ3v) is 4.46. The van der Waals surface area contributed by atoms with Crippen molar-refractivity contribution in [1.29, 1.82) is 0 Å². The molecule has 1 aromatic rings. The summed E-state index contributed by atoms with van der Waals surface area (Å²) in [5, 5.41) is 2.75. The summed E-state index contributed by atoms with van der Waals surface area (Å²) in [5.41, 5.74) is -0.968. The number of halogens is 2. The van der Waals surface area contributed by atoms with E-state index in [1.54, 1.807) is 6.92 Å². The van der Waals surface area contributed by atoms with Crippen molar-refractivity contribution in [3.63, 3.8) is 0 Å². The summed E-state index contributed by atoms with van der Waals surface area (Å²) in [5.74, 6) is -1.88. The third kappa shape index (κ3) is 4.28. The van der Waals surface area contributed by atoms with E-state index in [1.165, 1.54) is 18.2 Å². The SMILES string of the molecule is CCCC[C@]1(C)NC(=O)N(CC(=O)OCc2c(F)cccc2Cl)C1=O. The van der Waals surface area contributed by atoms with Crippen molar-refractivity contribution in [3.05, 3.63) is 34.6 Å². The molecule has 1 aliphatic heterocycles. The fourth-order valence-corrected chi connectivity index (χ4v) is 2.81. The molecule has 136 valence electrons. The minimum Gasteiger partial charge on any atom is -0.459 e. The van der Waals surface area contributed by atoms with E-state index in [0.717, 1.165) is 17.7 Å². The normalized spacial score (nSPS) is 19.9. The highest BCUT2D eigenvalue weighted by molar-refractivity contribution is 6.31. The van der Waals surface area contributed by atoms with Crippen LogP contribution in [0.4, 0.5) is 9.18 Å². The summed E-state index contributed by atoms with van der Waals surface area (Å²) in [6.07, 6.45) is 2.14. The summed E-state index contributed by atoms with van der Waals surface area (Å²) in [6.45, 7) is 2.71. The van der Waals surface area contributed by atoms with Crippen LogP contribution in [0.25, 0.3) is 0 Å². The van der Waals surface area contributed by atoms with Crippen LogP contribution >= 0.6 is 11.6 Å². The number of imide groups is 1. The fourth-order valence-electron chi connectivity index (χ4n) is 2.59. The van der Waals surface area contributed by atoms with E-state index in [1.807, 2.05) is 6.92 Å². The first kappa shape index (κ1) is 19.2. The van der Waals surface area contributed by atoms with E-state index in [2.05, 4.69) is 5.32 Å². The van der Waals surface area contributed by atoms with Crippen molar-refractivity contribution in [1.82, 2.24) is 10.2 Å². The van der Waals surface area contributed by atoms with Crippen molar-refractivity contribution in [2.45, 2.75) is 45.3 Å². The van der Waals surface area contributed by atoms with E-state index < -0.39 is 35.8 Å². The topological polar surface area (TPSA) is 75.7 Å². The molecule has 1 aromatic carbocycles. The molecule has 0 radical (unpaired) electrons. The Balaban J connectivity index is 1.96. The highest BCUT2D eigenvalue weighted by atomic mass is 35.5. The lowest BCUT2D eigenvalue weighted by atomic mass is 9.95. The molecule has 0 saturated carbocycles. The van der Waals surface area contributed by atoms with Gasteiger partial charge in [0, 0.05) is 5.56 Å². The number of rotatable bonds is 7. The van der Waals surface area contributed by atoms with Gasteiger partial charge >= 0.3 is 12.0 Å². The van der Waals surface area contributed by atoms with Gasteiger partial charge in [-0.1, -0.05) is 37.4 Å². The van der Waals surface area contributed by atoms with E-state index in [9.17, 15) is 18.8 Å². The molecular weight excluding hydrogens is 351 g/mol. The Morgan fingerprint density at radius 1 is 1.40 bits per heavy atom. The molecule has 1 N–H and O–H groups in total. The molecule has 1 heterocycles. The smallest absolute Gasteiger partial charge is 0.326 e. The van der Waals surface area contributed by atoms with Crippen LogP contribution in [0.5, 0.6) is 0 Å². The van der Waals surface area contributed by atoms with Gasteiger partial charge in [0.05, 0.1) is 5.02 Å². The molecule has 1 fully saturated rings. The van der Waals surface area contributed by atoms with E-state index in [-0.39, 0.29) is 17.2 Å². The lowest BCUT2D eigenvalue weighted by Crippen LogP contribution is -2.44. The number of nitrogens with one attached hydrogen (secondary N) is 1. The summed E-state index contributed by atoms with van der Waals surface area (Å²) in [4.78, 5) is 37.2. The molecule has 0 aliphatic carbocycles. The molecule has 1 saturated heterocycles. The molecule has 0 bridgehead atoms. The number of nitrogens with zero attached hydrogens (tertiary/aromatic N) is 1. The molecule has 1 atom stereocenters. The van der Waals surface area contributed by atoms with Gasteiger partial charge in [-0.3, -0.25) is 14.5 Å². The highest BCUT2D eigenvalue weighted by Crippen LogP contribution is 2.24. The van der Waals surface area contributed by atoms with Gasteiger partial charge in [-0.05, 0) is 25.5 Å². The quantitative estimate of drug-likeness (QED) is 0.591. The van der Waals surface area contributed by atoms with Gasteiger partial charge in [-0.2, -0.15) is 0 Å². The maximum Gasteiger partial charge on any atom is 0.326 e. The maximum atomic E-state index is 13.6. The van der Waals surface area contributed by atoms with Crippen molar-refractivity contribution < 1.29 is 23.5 Å². The number of urea groups is 1. The van der Waals surface area contributed by atoms with Crippen molar-refractivity contribution in [2.75, 3.05) is 6.54 Å². The molecule has 0 unspecified atom stereocenters. The zero-order valence-corrected chi connectivity index (χ0v) is 14.9. The van der Waals surface area contributed by atoms with Crippen molar-refractivity contribution >= 4 is 29.5 Å². The molecule has 6 nitrogen and oxygen atoms in total. The summed E-state index contributed by atoms with van der Waals surface area (Å²) < 4.78 is 18.6. The number of amides is 3. The average Bonchev–Trinajstić information content (AvgIpc) is 2.76. The summed E-state index contributed by atoms with van der Waals surface area (Å²) in [7, 11) is 0. The van der Waals surface area contributed by atoms with E-state index >= 15 is 0 Å². The second-order valence-electron chi connectivity index (χ2n) is 6.12. The molecule has 1 aliphatic rings. The summed E-state index contributed by atoms with van der Waals surface area (Å²) in [6, 6.07) is 3.48. The van der Waals surface area contributed by atoms with Gasteiger partial charge in [-0.25, -0.2) is 9.18 Å². The fraction of sp³-hybridized carbons (Fsp3) is 0.471. The van der Waals surface area contributed by atoms with Crippen LogP contribution in [0, 0.1) is 5.82 Å². The van der Waals surface area contributed by atoms with Gasteiger partial charge in [0.15, 0.2) is 0 Å². The average molecular weight is 371 g/mol. The minimum absolute atomic E-state index is 0.0440. The van der Waals surface area contributed by atoms with Crippen LogP contribution in [0.15, 0.2) is 18.2 Å². The molecule has 2 rings (SSSR count). The monoisotopic (exact) mass is 370 g/mol. The van der Waals surface area contributed by atoms with Gasteiger partial charge < -0.3 is 10.1 Å². The first-order valence-corrected chi connectivity index (χ1v) is 8.39. The van der Waals surface area contributed by atoms with E-state index in [4.69, 9.17) is 16.3 Å². The Hall–Kier alpha value is -2.15. The maximum absolute atomic E-state index is 13.6. The third-order valence-electron chi connectivity index (χ3n) is 4.10. The minimum atomic E-state index is -1.01. The van der Waals surface area contributed by atoms with Crippen LogP contribution < -0.4 is 5.32 Å². The number of benzene rings is 1. The zero-order valence-electron chi connectivity index (χ0n) is 14.1. The molecule has 0 aromatic heterocycles. The van der Waals surface area contributed by atoms with Gasteiger partial charge in [0.1, 0.15) is 24.5 Å². The molecular formula is C17H20ClFN2O4. The number of hydrogen-bond donors (Lipinski definition) is 1. The summed E-state index contributed by atoms with van der Waals surface area (Å²) >= 11 is 5.86. The van der Waals surface area contributed by atoms with Crippen LogP contribution in [0.3, 0.4) is 0 Å². The number of carbonyl (C=O) groups excluding carboxylic acids is 3. The second kappa shape index (κ2) is 7.82. The molecule has 8 heteroatoms.